The fourth-order valence-electron chi connectivity index (χ4n) is 2.88. The van der Waals surface area contributed by atoms with E-state index in [1.165, 1.54) is 4.90 Å². The maximum absolute atomic E-state index is 12.2. The Morgan fingerprint density at radius 3 is 2.62 bits per heavy atom. The molecule has 2 aliphatic rings. The van der Waals surface area contributed by atoms with Gasteiger partial charge in [0.2, 0.25) is 18.2 Å². The Hall–Kier alpha value is -2.37. The average Bonchev–Trinajstić information content (AvgIpc) is 2.50. The van der Waals surface area contributed by atoms with Gasteiger partial charge in [-0.25, -0.2) is 0 Å². The number of carbonyl (C=O) groups excluding carboxylic acids is 3. The first kappa shape index (κ1) is 13.6. The lowest BCUT2D eigenvalue weighted by Crippen LogP contribution is -2.66. The van der Waals surface area contributed by atoms with Gasteiger partial charge in [-0.2, -0.15) is 0 Å². The Kier molecular flexibility index (Phi) is 3.60. The van der Waals surface area contributed by atoms with Gasteiger partial charge in [0.1, 0.15) is 12.7 Å². The van der Waals surface area contributed by atoms with E-state index in [4.69, 9.17) is 0 Å². The molecule has 2 fully saturated rings. The minimum Gasteiger partial charge on any atom is -0.333 e. The summed E-state index contributed by atoms with van der Waals surface area (Å²) in [4.78, 5) is 40.1. The van der Waals surface area contributed by atoms with Crippen LogP contribution in [0.5, 0.6) is 0 Å². The summed E-state index contributed by atoms with van der Waals surface area (Å²) >= 11 is 0. The lowest BCUT2D eigenvalue weighted by Gasteiger charge is -2.47. The van der Waals surface area contributed by atoms with E-state index in [-0.39, 0.29) is 24.5 Å². The summed E-state index contributed by atoms with van der Waals surface area (Å²) in [6.45, 7) is 1.36. The molecule has 0 spiro atoms. The Bertz CT molecular complexity index is 561. The van der Waals surface area contributed by atoms with Crippen molar-refractivity contribution >= 4 is 18.2 Å². The summed E-state index contributed by atoms with van der Waals surface area (Å²) in [5.74, 6) is -0.123. The van der Waals surface area contributed by atoms with Crippen molar-refractivity contribution in [2.24, 2.45) is 0 Å². The molecule has 0 N–H and O–H groups in total. The van der Waals surface area contributed by atoms with Crippen LogP contribution in [0.4, 0.5) is 0 Å². The largest absolute Gasteiger partial charge is 0.333 e. The number of rotatable bonds is 3. The predicted octanol–water partition coefficient (Wildman–Crippen LogP) is 0.0456. The third kappa shape index (κ3) is 2.61. The van der Waals surface area contributed by atoms with Gasteiger partial charge < -0.3 is 14.7 Å². The standard InChI is InChI=1S/C15H17N3O3/c19-11-16-7-6-14(20)18-10-15(21)17(9-13(16)18)8-12-4-2-1-3-5-12/h1-5,11,13H,6-10H2. The van der Waals surface area contributed by atoms with Crippen LogP contribution in [-0.2, 0) is 20.9 Å². The van der Waals surface area contributed by atoms with E-state index in [9.17, 15) is 14.4 Å². The molecule has 3 amide bonds. The molecule has 6 nitrogen and oxygen atoms in total. The first-order valence-electron chi connectivity index (χ1n) is 7.01. The third-order valence-corrected chi connectivity index (χ3v) is 4.04. The smallest absolute Gasteiger partial charge is 0.242 e. The summed E-state index contributed by atoms with van der Waals surface area (Å²) in [6, 6.07) is 9.71. The zero-order chi connectivity index (χ0) is 14.8. The highest BCUT2D eigenvalue weighted by Crippen LogP contribution is 2.21. The zero-order valence-corrected chi connectivity index (χ0v) is 11.6. The van der Waals surface area contributed by atoms with Gasteiger partial charge in [-0.1, -0.05) is 30.3 Å². The fourth-order valence-corrected chi connectivity index (χ4v) is 2.88. The first-order chi connectivity index (χ1) is 10.2. The number of carbonyl (C=O) groups is 3. The molecule has 0 radical (unpaired) electrons. The Morgan fingerprint density at radius 2 is 1.90 bits per heavy atom. The quantitative estimate of drug-likeness (QED) is 0.738. The van der Waals surface area contributed by atoms with Gasteiger partial charge in [0, 0.05) is 19.5 Å². The fraction of sp³-hybridized carbons (Fsp3) is 0.400. The minimum absolute atomic E-state index is 0.0502. The molecule has 2 saturated heterocycles. The second kappa shape index (κ2) is 5.55. The van der Waals surface area contributed by atoms with Crippen molar-refractivity contribution in [2.75, 3.05) is 19.6 Å². The summed E-state index contributed by atoms with van der Waals surface area (Å²) in [6.07, 6.45) is 0.729. The number of hydrogen-bond acceptors (Lipinski definition) is 3. The van der Waals surface area contributed by atoms with Crippen LogP contribution in [0.25, 0.3) is 0 Å². The van der Waals surface area contributed by atoms with Crippen molar-refractivity contribution in [1.29, 1.82) is 0 Å². The van der Waals surface area contributed by atoms with E-state index >= 15 is 0 Å². The number of fused-ring (bicyclic) bond motifs is 1. The second-order valence-electron chi connectivity index (χ2n) is 5.36. The highest BCUT2D eigenvalue weighted by Gasteiger charge is 2.40. The molecule has 2 heterocycles. The first-order valence-corrected chi connectivity index (χ1v) is 7.01. The molecular weight excluding hydrogens is 270 g/mol. The van der Waals surface area contributed by atoms with Crippen molar-refractivity contribution in [3.8, 4) is 0 Å². The van der Waals surface area contributed by atoms with Crippen LogP contribution in [0.15, 0.2) is 30.3 Å². The molecule has 0 bridgehead atoms. The summed E-state index contributed by atoms with van der Waals surface area (Å²) in [5.41, 5.74) is 1.04. The van der Waals surface area contributed by atoms with E-state index < -0.39 is 0 Å². The van der Waals surface area contributed by atoms with Crippen molar-refractivity contribution in [3.63, 3.8) is 0 Å². The average molecular weight is 287 g/mol. The Morgan fingerprint density at radius 1 is 1.14 bits per heavy atom. The Balaban J connectivity index is 1.77. The maximum Gasteiger partial charge on any atom is 0.242 e. The van der Waals surface area contributed by atoms with Crippen LogP contribution >= 0.6 is 0 Å². The van der Waals surface area contributed by atoms with E-state index in [2.05, 4.69) is 0 Å². The molecule has 0 saturated carbocycles. The SMILES string of the molecule is O=CN1CCC(=O)N2CC(=O)N(Cc3ccccc3)CC12. The number of piperazine rings is 1. The van der Waals surface area contributed by atoms with Crippen LogP contribution in [0.1, 0.15) is 12.0 Å². The van der Waals surface area contributed by atoms with E-state index in [0.29, 0.717) is 26.1 Å². The molecular formula is C15H17N3O3. The highest BCUT2D eigenvalue weighted by atomic mass is 16.2. The van der Waals surface area contributed by atoms with Crippen molar-refractivity contribution < 1.29 is 14.4 Å². The number of hydrogen-bond donors (Lipinski definition) is 0. The minimum atomic E-state index is -0.329. The molecule has 1 aromatic rings. The van der Waals surface area contributed by atoms with Crippen LogP contribution in [0.3, 0.4) is 0 Å². The van der Waals surface area contributed by atoms with Gasteiger partial charge in [0.05, 0.1) is 6.54 Å². The maximum atomic E-state index is 12.2. The highest BCUT2D eigenvalue weighted by molar-refractivity contribution is 5.87. The molecule has 3 rings (SSSR count). The molecule has 1 unspecified atom stereocenters. The molecule has 21 heavy (non-hydrogen) atoms. The lowest BCUT2D eigenvalue weighted by molar-refractivity contribution is -0.163. The molecule has 0 aromatic heterocycles. The summed E-state index contributed by atoms with van der Waals surface area (Å²) < 4.78 is 0. The second-order valence-corrected chi connectivity index (χ2v) is 5.36. The summed E-state index contributed by atoms with van der Waals surface area (Å²) in [7, 11) is 0. The third-order valence-electron chi connectivity index (χ3n) is 4.04. The van der Waals surface area contributed by atoms with E-state index in [0.717, 1.165) is 12.0 Å². The van der Waals surface area contributed by atoms with Gasteiger partial charge in [0.15, 0.2) is 0 Å². The molecule has 1 aromatic carbocycles. The summed E-state index contributed by atoms with van der Waals surface area (Å²) in [5, 5.41) is 0. The number of amides is 3. The van der Waals surface area contributed by atoms with Gasteiger partial charge in [0.25, 0.3) is 0 Å². The number of nitrogens with zero attached hydrogens (tertiary/aromatic N) is 3. The zero-order valence-electron chi connectivity index (χ0n) is 11.6. The molecule has 2 aliphatic heterocycles. The van der Waals surface area contributed by atoms with E-state index in [1.54, 1.807) is 9.80 Å². The molecule has 0 aliphatic carbocycles. The molecule has 1 atom stereocenters. The van der Waals surface area contributed by atoms with Crippen LogP contribution in [-0.4, -0.2) is 58.7 Å². The van der Waals surface area contributed by atoms with Crippen molar-refractivity contribution in [1.82, 2.24) is 14.7 Å². The normalized spacial score (nSPS) is 22.3. The van der Waals surface area contributed by atoms with Gasteiger partial charge in [-0.05, 0) is 5.56 Å². The van der Waals surface area contributed by atoms with Crippen molar-refractivity contribution in [2.45, 2.75) is 19.1 Å². The lowest BCUT2D eigenvalue weighted by atomic mass is 10.1. The Labute approximate surface area is 122 Å². The van der Waals surface area contributed by atoms with Crippen LogP contribution in [0.2, 0.25) is 0 Å². The number of benzene rings is 1. The van der Waals surface area contributed by atoms with Gasteiger partial charge in [-0.3, -0.25) is 14.4 Å². The van der Waals surface area contributed by atoms with E-state index in [1.807, 2.05) is 30.3 Å². The van der Waals surface area contributed by atoms with Gasteiger partial charge >= 0.3 is 0 Å². The molecule has 6 heteroatoms. The van der Waals surface area contributed by atoms with Crippen LogP contribution < -0.4 is 0 Å². The van der Waals surface area contributed by atoms with Crippen LogP contribution in [0, 0.1) is 0 Å². The van der Waals surface area contributed by atoms with Gasteiger partial charge in [-0.15, -0.1) is 0 Å². The van der Waals surface area contributed by atoms with Crippen molar-refractivity contribution in [3.05, 3.63) is 35.9 Å². The monoisotopic (exact) mass is 287 g/mol. The topological polar surface area (TPSA) is 60.9 Å². The molecule has 110 valence electrons. The predicted molar refractivity (Wildman–Crippen MR) is 74.7 cm³/mol.